The van der Waals surface area contributed by atoms with Gasteiger partial charge in [0.2, 0.25) is 0 Å². The van der Waals surface area contributed by atoms with Crippen LogP contribution >= 0.6 is 0 Å². The van der Waals surface area contributed by atoms with Gasteiger partial charge in [-0.15, -0.1) is 0 Å². The highest BCUT2D eigenvalue weighted by Crippen LogP contribution is 2.18. The van der Waals surface area contributed by atoms with E-state index < -0.39 is 0 Å². The molecule has 1 atom stereocenters. The SMILES string of the molecule is CC1CCN(CC(O)CN2CCC(CO)CC2)CC1. The van der Waals surface area contributed by atoms with Gasteiger partial charge in [-0.25, -0.2) is 0 Å². The molecule has 2 aliphatic heterocycles. The van der Waals surface area contributed by atoms with Gasteiger partial charge in [-0.2, -0.15) is 0 Å². The Bertz CT molecular complexity index is 247. The Morgan fingerprint density at radius 3 is 1.89 bits per heavy atom. The number of hydrogen-bond acceptors (Lipinski definition) is 4. The van der Waals surface area contributed by atoms with E-state index in [2.05, 4.69) is 16.7 Å². The molecule has 112 valence electrons. The molecule has 0 amide bonds. The Kier molecular flexibility index (Phi) is 6.07. The maximum atomic E-state index is 10.2. The Balaban J connectivity index is 1.63. The molecule has 0 aromatic heterocycles. The first kappa shape index (κ1) is 15.2. The van der Waals surface area contributed by atoms with Crippen molar-refractivity contribution in [3.8, 4) is 0 Å². The third-order valence-corrected chi connectivity index (χ3v) is 4.78. The highest BCUT2D eigenvalue weighted by atomic mass is 16.3. The summed E-state index contributed by atoms with van der Waals surface area (Å²) in [6.45, 7) is 8.60. The molecule has 2 N–H and O–H groups in total. The second kappa shape index (κ2) is 7.58. The van der Waals surface area contributed by atoms with Crippen LogP contribution < -0.4 is 0 Å². The topological polar surface area (TPSA) is 46.9 Å². The lowest BCUT2D eigenvalue weighted by Gasteiger charge is -2.35. The van der Waals surface area contributed by atoms with Crippen LogP contribution in [0.3, 0.4) is 0 Å². The van der Waals surface area contributed by atoms with Gasteiger partial charge in [0.25, 0.3) is 0 Å². The van der Waals surface area contributed by atoms with Crippen LogP contribution in [0.2, 0.25) is 0 Å². The van der Waals surface area contributed by atoms with Gasteiger partial charge in [-0.05, 0) is 63.7 Å². The number of aliphatic hydroxyl groups is 2. The van der Waals surface area contributed by atoms with E-state index in [0.717, 1.165) is 58.0 Å². The molecule has 0 bridgehead atoms. The van der Waals surface area contributed by atoms with Crippen molar-refractivity contribution in [3.63, 3.8) is 0 Å². The minimum absolute atomic E-state index is 0.223. The van der Waals surface area contributed by atoms with E-state index in [0.29, 0.717) is 12.5 Å². The molecule has 2 heterocycles. The first-order valence-electron chi connectivity index (χ1n) is 7.91. The summed E-state index contributed by atoms with van der Waals surface area (Å²) in [6, 6.07) is 0. The number of aliphatic hydroxyl groups excluding tert-OH is 2. The van der Waals surface area contributed by atoms with Gasteiger partial charge >= 0.3 is 0 Å². The van der Waals surface area contributed by atoms with Gasteiger partial charge in [-0.1, -0.05) is 6.92 Å². The number of nitrogens with zero attached hydrogens (tertiary/aromatic N) is 2. The van der Waals surface area contributed by atoms with E-state index >= 15 is 0 Å². The maximum absolute atomic E-state index is 10.2. The smallest absolute Gasteiger partial charge is 0.0793 e. The summed E-state index contributed by atoms with van der Waals surface area (Å²) in [5.41, 5.74) is 0. The molecule has 0 spiro atoms. The van der Waals surface area contributed by atoms with Crippen LogP contribution in [0.15, 0.2) is 0 Å². The van der Waals surface area contributed by atoms with E-state index in [1.807, 2.05) is 0 Å². The zero-order valence-electron chi connectivity index (χ0n) is 12.3. The van der Waals surface area contributed by atoms with Gasteiger partial charge < -0.3 is 20.0 Å². The lowest BCUT2D eigenvalue weighted by molar-refractivity contribution is 0.0453. The number of piperidine rings is 2. The third kappa shape index (κ3) is 5.03. The fraction of sp³-hybridized carbons (Fsp3) is 1.00. The van der Waals surface area contributed by atoms with E-state index in [9.17, 15) is 5.11 Å². The summed E-state index contributed by atoms with van der Waals surface area (Å²) in [4.78, 5) is 4.76. The van der Waals surface area contributed by atoms with Crippen LogP contribution in [0.5, 0.6) is 0 Å². The van der Waals surface area contributed by atoms with Crippen molar-refractivity contribution < 1.29 is 10.2 Å². The molecular weight excluding hydrogens is 240 g/mol. The highest BCUT2D eigenvalue weighted by Gasteiger charge is 2.22. The van der Waals surface area contributed by atoms with Gasteiger partial charge in [0.15, 0.2) is 0 Å². The summed E-state index contributed by atoms with van der Waals surface area (Å²) >= 11 is 0. The predicted octanol–water partition coefficient (Wildman–Crippen LogP) is 0.783. The first-order valence-corrected chi connectivity index (χ1v) is 7.91. The lowest BCUT2D eigenvalue weighted by atomic mass is 9.97. The Labute approximate surface area is 117 Å². The largest absolute Gasteiger partial charge is 0.396 e. The van der Waals surface area contributed by atoms with Crippen LogP contribution in [-0.2, 0) is 0 Å². The molecule has 1 unspecified atom stereocenters. The van der Waals surface area contributed by atoms with Crippen LogP contribution in [-0.4, -0.2) is 72.0 Å². The second-order valence-electron chi connectivity index (χ2n) is 6.56. The summed E-state index contributed by atoms with van der Waals surface area (Å²) in [5, 5.41) is 19.3. The summed E-state index contributed by atoms with van der Waals surface area (Å²) in [5.74, 6) is 1.34. The van der Waals surface area contributed by atoms with Gasteiger partial charge in [0.1, 0.15) is 0 Å². The van der Waals surface area contributed by atoms with Crippen LogP contribution in [0.4, 0.5) is 0 Å². The van der Waals surface area contributed by atoms with E-state index in [1.165, 1.54) is 12.8 Å². The van der Waals surface area contributed by atoms with Crippen molar-refractivity contribution in [2.24, 2.45) is 11.8 Å². The standard InChI is InChI=1S/C15H30N2O2/c1-13-2-6-16(7-3-13)10-15(19)11-17-8-4-14(12-18)5-9-17/h13-15,18-19H,2-12H2,1H3. The van der Waals surface area contributed by atoms with Crippen LogP contribution in [0.1, 0.15) is 32.6 Å². The Morgan fingerprint density at radius 2 is 1.42 bits per heavy atom. The molecule has 0 aromatic carbocycles. The number of hydrogen-bond donors (Lipinski definition) is 2. The number of likely N-dealkylation sites (tertiary alicyclic amines) is 2. The molecule has 0 aromatic rings. The van der Waals surface area contributed by atoms with E-state index in [-0.39, 0.29) is 6.10 Å². The normalized spacial score (nSPS) is 26.7. The molecule has 2 fully saturated rings. The average Bonchev–Trinajstić information content (AvgIpc) is 2.42. The van der Waals surface area contributed by atoms with Gasteiger partial charge in [0, 0.05) is 19.7 Å². The van der Waals surface area contributed by atoms with Crippen LogP contribution in [0, 0.1) is 11.8 Å². The Morgan fingerprint density at radius 1 is 0.947 bits per heavy atom. The molecule has 0 radical (unpaired) electrons. The van der Waals surface area contributed by atoms with E-state index in [1.54, 1.807) is 0 Å². The van der Waals surface area contributed by atoms with Crippen LogP contribution in [0.25, 0.3) is 0 Å². The van der Waals surface area contributed by atoms with Crippen molar-refractivity contribution in [3.05, 3.63) is 0 Å². The Hall–Kier alpha value is -0.160. The average molecular weight is 270 g/mol. The number of β-amino-alcohol motifs (C(OH)–C–C–N with tert-alkyl or cyclic N) is 1. The van der Waals surface area contributed by atoms with Crippen molar-refractivity contribution in [1.82, 2.24) is 9.80 Å². The fourth-order valence-electron chi connectivity index (χ4n) is 3.25. The molecule has 2 saturated heterocycles. The molecular formula is C15H30N2O2. The molecule has 2 rings (SSSR count). The highest BCUT2D eigenvalue weighted by molar-refractivity contribution is 4.77. The molecule has 4 nitrogen and oxygen atoms in total. The molecule has 2 aliphatic rings. The quantitative estimate of drug-likeness (QED) is 0.775. The first-order chi connectivity index (χ1) is 9.17. The fourth-order valence-corrected chi connectivity index (χ4v) is 3.25. The summed E-state index contributed by atoms with van der Waals surface area (Å²) < 4.78 is 0. The van der Waals surface area contributed by atoms with E-state index in [4.69, 9.17) is 5.11 Å². The zero-order chi connectivity index (χ0) is 13.7. The maximum Gasteiger partial charge on any atom is 0.0793 e. The van der Waals surface area contributed by atoms with Crippen molar-refractivity contribution in [2.45, 2.75) is 38.7 Å². The predicted molar refractivity (Wildman–Crippen MR) is 77.1 cm³/mol. The summed E-state index contributed by atoms with van der Waals surface area (Å²) in [6.07, 6.45) is 4.47. The zero-order valence-corrected chi connectivity index (χ0v) is 12.3. The molecule has 19 heavy (non-hydrogen) atoms. The van der Waals surface area contributed by atoms with Crippen molar-refractivity contribution >= 4 is 0 Å². The number of rotatable bonds is 5. The third-order valence-electron chi connectivity index (χ3n) is 4.78. The minimum atomic E-state index is -0.223. The molecule has 0 saturated carbocycles. The van der Waals surface area contributed by atoms with Crippen molar-refractivity contribution in [1.29, 1.82) is 0 Å². The van der Waals surface area contributed by atoms with Gasteiger partial charge in [-0.3, -0.25) is 0 Å². The van der Waals surface area contributed by atoms with Crippen molar-refractivity contribution in [2.75, 3.05) is 45.9 Å². The monoisotopic (exact) mass is 270 g/mol. The second-order valence-corrected chi connectivity index (χ2v) is 6.56. The lowest BCUT2D eigenvalue weighted by Crippen LogP contribution is -2.45. The molecule has 0 aliphatic carbocycles. The van der Waals surface area contributed by atoms with Gasteiger partial charge in [0.05, 0.1) is 6.10 Å². The molecule has 4 heteroatoms. The summed E-state index contributed by atoms with van der Waals surface area (Å²) in [7, 11) is 0. The minimum Gasteiger partial charge on any atom is -0.396 e.